The highest BCUT2D eigenvalue weighted by molar-refractivity contribution is 9.10. The largest absolute Gasteiger partial charge is 0.354 e. The summed E-state index contributed by atoms with van der Waals surface area (Å²) in [4.78, 5) is 28.7. The number of carbonyl (C=O) groups excluding carboxylic acids is 2. The summed E-state index contributed by atoms with van der Waals surface area (Å²) in [6.07, 6.45) is 0.426. The second-order valence-electron chi connectivity index (χ2n) is 9.11. The highest BCUT2D eigenvalue weighted by atomic mass is 79.9. The molecule has 4 nitrogen and oxygen atoms in total. The van der Waals surface area contributed by atoms with E-state index < -0.39 is 6.04 Å². The van der Waals surface area contributed by atoms with Crippen molar-refractivity contribution in [1.82, 2.24) is 10.2 Å². The summed E-state index contributed by atoms with van der Waals surface area (Å²) >= 11 is 4.92. The lowest BCUT2D eigenvalue weighted by molar-refractivity contribution is -0.139. The Morgan fingerprint density at radius 2 is 1.56 bits per heavy atom. The summed E-state index contributed by atoms with van der Waals surface area (Å²) in [6.45, 7) is 4.96. The minimum absolute atomic E-state index is 0.106. The van der Waals surface area contributed by atoms with E-state index in [-0.39, 0.29) is 23.4 Å². The number of benzene rings is 3. The number of nitrogens with zero attached hydrogens (tertiary/aromatic N) is 1. The van der Waals surface area contributed by atoms with Gasteiger partial charge < -0.3 is 10.2 Å². The van der Waals surface area contributed by atoms with Crippen LogP contribution >= 0.6 is 27.7 Å². The molecule has 0 saturated heterocycles. The molecule has 2 amide bonds. The molecule has 1 atom stereocenters. The van der Waals surface area contributed by atoms with Crippen LogP contribution in [-0.2, 0) is 28.3 Å². The molecule has 0 saturated carbocycles. The molecule has 7 heteroatoms. The zero-order valence-corrected chi connectivity index (χ0v) is 23.0. The Morgan fingerprint density at radius 1 is 0.917 bits per heavy atom. The first-order chi connectivity index (χ1) is 17.3. The molecule has 0 aliphatic rings. The van der Waals surface area contributed by atoms with Crippen molar-refractivity contribution >= 4 is 39.5 Å². The van der Waals surface area contributed by atoms with Crippen LogP contribution in [0, 0.1) is 11.7 Å². The van der Waals surface area contributed by atoms with E-state index in [1.54, 1.807) is 17.0 Å². The van der Waals surface area contributed by atoms with Gasteiger partial charge in [-0.2, -0.15) is 0 Å². The Kier molecular flexibility index (Phi) is 11.0. The van der Waals surface area contributed by atoms with E-state index in [0.29, 0.717) is 31.2 Å². The van der Waals surface area contributed by atoms with Gasteiger partial charge >= 0.3 is 0 Å². The van der Waals surface area contributed by atoms with Gasteiger partial charge in [0.2, 0.25) is 11.8 Å². The standard InChI is InChI=1S/C29H32BrFN2O2S/c1-21(2)17-32-29(35)27(16-22-6-4-3-5-7-22)33(18-23-8-12-25(30)13-9-23)28(34)20-36-19-24-10-14-26(31)15-11-24/h3-15,21,27H,16-20H2,1-2H3,(H,32,35)/t27-/m0/s1. The average Bonchev–Trinajstić information content (AvgIpc) is 2.87. The Hall–Kier alpha value is -2.64. The summed E-state index contributed by atoms with van der Waals surface area (Å²) in [7, 11) is 0. The summed E-state index contributed by atoms with van der Waals surface area (Å²) in [5.74, 6) is 0.564. The van der Waals surface area contributed by atoms with Crippen molar-refractivity contribution in [3.63, 3.8) is 0 Å². The predicted molar refractivity (Wildman–Crippen MR) is 149 cm³/mol. The molecule has 0 fully saturated rings. The van der Waals surface area contributed by atoms with Crippen molar-refractivity contribution in [3.05, 3.63) is 106 Å². The Labute approximate surface area is 225 Å². The van der Waals surface area contributed by atoms with Gasteiger partial charge in [-0.1, -0.05) is 84.4 Å². The summed E-state index contributed by atoms with van der Waals surface area (Å²) in [5, 5.41) is 3.04. The van der Waals surface area contributed by atoms with Crippen LogP contribution in [0.1, 0.15) is 30.5 Å². The maximum absolute atomic E-state index is 13.6. The van der Waals surface area contributed by atoms with Gasteiger partial charge in [-0.3, -0.25) is 9.59 Å². The second-order valence-corrected chi connectivity index (χ2v) is 11.0. The summed E-state index contributed by atoms with van der Waals surface area (Å²) in [6, 6.07) is 23.2. The van der Waals surface area contributed by atoms with Crippen LogP contribution in [0.2, 0.25) is 0 Å². The Bertz CT molecular complexity index is 1110. The van der Waals surface area contributed by atoms with E-state index in [1.807, 2.05) is 68.4 Å². The molecule has 0 bridgehead atoms. The first-order valence-corrected chi connectivity index (χ1v) is 13.9. The highest BCUT2D eigenvalue weighted by Gasteiger charge is 2.30. The van der Waals surface area contributed by atoms with Gasteiger partial charge in [0.25, 0.3) is 0 Å². The van der Waals surface area contributed by atoms with Crippen LogP contribution in [0.4, 0.5) is 4.39 Å². The number of rotatable bonds is 12. The molecular formula is C29H32BrFN2O2S. The van der Waals surface area contributed by atoms with Gasteiger partial charge in [0.1, 0.15) is 11.9 Å². The van der Waals surface area contributed by atoms with Crippen molar-refractivity contribution < 1.29 is 14.0 Å². The van der Waals surface area contributed by atoms with Crippen molar-refractivity contribution in [2.45, 2.75) is 38.6 Å². The van der Waals surface area contributed by atoms with Gasteiger partial charge in [0.15, 0.2) is 0 Å². The molecule has 0 spiro atoms. The summed E-state index contributed by atoms with van der Waals surface area (Å²) in [5.41, 5.74) is 2.89. The lowest BCUT2D eigenvalue weighted by Gasteiger charge is -2.32. The molecule has 0 aliphatic carbocycles. The molecule has 3 rings (SSSR count). The van der Waals surface area contributed by atoms with E-state index in [1.165, 1.54) is 23.9 Å². The third kappa shape index (κ3) is 9.10. The number of thioether (sulfide) groups is 1. The van der Waals surface area contributed by atoms with E-state index in [2.05, 4.69) is 21.2 Å². The molecule has 1 N–H and O–H groups in total. The zero-order valence-electron chi connectivity index (χ0n) is 20.6. The predicted octanol–water partition coefficient (Wildman–Crippen LogP) is 6.23. The number of nitrogens with one attached hydrogen (secondary N) is 1. The van der Waals surface area contributed by atoms with Crippen LogP contribution < -0.4 is 5.32 Å². The van der Waals surface area contributed by atoms with E-state index >= 15 is 0 Å². The molecule has 190 valence electrons. The van der Waals surface area contributed by atoms with Gasteiger partial charge in [-0.25, -0.2) is 4.39 Å². The number of carbonyl (C=O) groups is 2. The third-order valence-corrected chi connectivity index (χ3v) is 7.15. The van der Waals surface area contributed by atoms with Crippen molar-refractivity contribution in [2.24, 2.45) is 5.92 Å². The van der Waals surface area contributed by atoms with Crippen LogP contribution in [-0.4, -0.2) is 35.1 Å². The number of halogens is 2. The monoisotopic (exact) mass is 570 g/mol. The second kappa shape index (κ2) is 14.2. The molecule has 0 heterocycles. The Balaban J connectivity index is 1.82. The molecule has 0 aromatic heterocycles. The SMILES string of the molecule is CC(C)CNC(=O)[C@H](Cc1ccccc1)N(Cc1ccc(Br)cc1)C(=O)CSCc1ccc(F)cc1. The maximum atomic E-state index is 13.6. The zero-order chi connectivity index (χ0) is 25.9. The molecule has 0 unspecified atom stereocenters. The van der Waals surface area contributed by atoms with Gasteiger partial charge in [0.05, 0.1) is 5.75 Å². The smallest absolute Gasteiger partial charge is 0.243 e. The van der Waals surface area contributed by atoms with E-state index in [9.17, 15) is 14.0 Å². The van der Waals surface area contributed by atoms with Crippen LogP contribution in [0.3, 0.4) is 0 Å². The molecule has 0 radical (unpaired) electrons. The molecular weight excluding hydrogens is 539 g/mol. The topological polar surface area (TPSA) is 49.4 Å². The fourth-order valence-electron chi connectivity index (χ4n) is 3.68. The fourth-order valence-corrected chi connectivity index (χ4v) is 4.82. The van der Waals surface area contributed by atoms with Gasteiger partial charge in [0, 0.05) is 29.7 Å². The van der Waals surface area contributed by atoms with Gasteiger partial charge in [-0.05, 0) is 46.9 Å². The average molecular weight is 572 g/mol. The third-order valence-electron chi connectivity index (χ3n) is 5.63. The van der Waals surface area contributed by atoms with Crippen LogP contribution in [0.25, 0.3) is 0 Å². The molecule has 3 aromatic carbocycles. The van der Waals surface area contributed by atoms with Crippen molar-refractivity contribution in [3.8, 4) is 0 Å². The lowest BCUT2D eigenvalue weighted by atomic mass is 10.0. The fraction of sp³-hybridized carbons (Fsp3) is 0.310. The maximum Gasteiger partial charge on any atom is 0.243 e. The quantitative estimate of drug-likeness (QED) is 0.280. The van der Waals surface area contributed by atoms with Crippen molar-refractivity contribution in [2.75, 3.05) is 12.3 Å². The number of hydrogen-bond donors (Lipinski definition) is 1. The van der Waals surface area contributed by atoms with Crippen LogP contribution in [0.5, 0.6) is 0 Å². The van der Waals surface area contributed by atoms with Crippen molar-refractivity contribution in [1.29, 1.82) is 0 Å². The first-order valence-electron chi connectivity index (χ1n) is 12.0. The minimum atomic E-state index is -0.645. The molecule has 36 heavy (non-hydrogen) atoms. The molecule has 3 aromatic rings. The summed E-state index contributed by atoms with van der Waals surface area (Å²) < 4.78 is 14.2. The van der Waals surface area contributed by atoms with Crippen LogP contribution in [0.15, 0.2) is 83.3 Å². The highest BCUT2D eigenvalue weighted by Crippen LogP contribution is 2.20. The first kappa shape index (κ1) is 27.9. The minimum Gasteiger partial charge on any atom is -0.354 e. The Morgan fingerprint density at radius 3 is 2.19 bits per heavy atom. The van der Waals surface area contributed by atoms with E-state index in [4.69, 9.17) is 0 Å². The van der Waals surface area contributed by atoms with Gasteiger partial charge in [-0.15, -0.1) is 11.8 Å². The molecule has 0 aliphatic heterocycles. The lowest BCUT2D eigenvalue weighted by Crippen LogP contribution is -2.51. The number of amides is 2. The van der Waals surface area contributed by atoms with E-state index in [0.717, 1.165) is 21.2 Å². The normalized spacial score (nSPS) is 11.8. The number of hydrogen-bond acceptors (Lipinski definition) is 3.